The van der Waals surface area contributed by atoms with Crippen molar-refractivity contribution in [2.24, 2.45) is 5.92 Å². The maximum Gasteiger partial charge on any atom is 0.274 e. The lowest BCUT2D eigenvalue weighted by atomic mass is 9.85. The quantitative estimate of drug-likeness (QED) is 0.719. The predicted molar refractivity (Wildman–Crippen MR) is 116 cm³/mol. The number of amides is 1. The molecule has 2 aromatic heterocycles. The number of hydrogen-bond acceptors (Lipinski definition) is 3. The maximum absolute atomic E-state index is 13.1. The number of aromatic nitrogens is 3. The molecule has 0 atom stereocenters. The molecular formula is C24H36N4O. The highest BCUT2D eigenvalue weighted by molar-refractivity contribution is 5.93. The first-order chi connectivity index (χ1) is 13.9. The molecule has 2 aromatic rings. The Hall–Kier alpha value is -1.91. The van der Waals surface area contributed by atoms with Crippen LogP contribution in [0.5, 0.6) is 0 Å². The van der Waals surface area contributed by atoms with Crippen molar-refractivity contribution in [1.82, 2.24) is 19.5 Å². The average molecular weight is 397 g/mol. The summed E-state index contributed by atoms with van der Waals surface area (Å²) in [4.78, 5) is 20.0. The fourth-order valence-corrected chi connectivity index (χ4v) is 4.89. The van der Waals surface area contributed by atoms with Crippen molar-refractivity contribution < 1.29 is 4.79 Å². The Bertz CT molecular complexity index is 850. The molecule has 1 saturated heterocycles. The van der Waals surface area contributed by atoms with Gasteiger partial charge in [-0.3, -0.25) is 4.79 Å². The molecule has 1 saturated carbocycles. The van der Waals surface area contributed by atoms with Crippen LogP contribution < -0.4 is 0 Å². The lowest BCUT2D eigenvalue weighted by Gasteiger charge is -2.24. The number of rotatable bonds is 3. The van der Waals surface area contributed by atoms with E-state index in [0.29, 0.717) is 5.69 Å². The fraction of sp³-hybridized carbons (Fsp3) is 0.708. The SMILES string of the molecule is CC(C)(C)c1cc(CC2CCCCC2)nc2cc(C(=O)N3CCCCCC3)nn12. The summed E-state index contributed by atoms with van der Waals surface area (Å²) in [5.74, 6) is 0.804. The van der Waals surface area contributed by atoms with Crippen molar-refractivity contribution >= 4 is 11.6 Å². The van der Waals surface area contributed by atoms with E-state index in [1.165, 1.54) is 44.9 Å². The van der Waals surface area contributed by atoms with Gasteiger partial charge in [0.15, 0.2) is 11.3 Å². The Labute approximate surface area is 174 Å². The number of nitrogens with zero attached hydrogens (tertiary/aromatic N) is 4. The number of likely N-dealkylation sites (tertiary alicyclic amines) is 1. The zero-order chi connectivity index (χ0) is 20.4. The highest BCUT2D eigenvalue weighted by atomic mass is 16.2. The van der Waals surface area contributed by atoms with Crippen LogP contribution in [0.3, 0.4) is 0 Å². The van der Waals surface area contributed by atoms with Gasteiger partial charge < -0.3 is 4.90 Å². The molecule has 1 aliphatic carbocycles. The molecule has 2 aliphatic rings. The second kappa shape index (κ2) is 8.45. The van der Waals surface area contributed by atoms with Crippen LogP contribution in [-0.4, -0.2) is 38.5 Å². The van der Waals surface area contributed by atoms with Gasteiger partial charge in [-0.15, -0.1) is 0 Å². The maximum atomic E-state index is 13.1. The predicted octanol–water partition coefficient (Wildman–Crippen LogP) is 5.17. The molecule has 5 nitrogen and oxygen atoms in total. The molecule has 3 heterocycles. The van der Waals surface area contributed by atoms with Crippen molar-refractivity contribution in [2.45, 2.75) is 90.4 Å². The van der Waals surface area contributed by atoms with Crippen LogP contribution in [0.1, 0.15) is 100 Å². The molecule has 1 aliphatic heterocycles. The zero-order valence-electron chi connectivity index (χ0n) is 18.4. The topological polar surface area (TPSA) is 50.5 Å². The summed E-state index contributed by atoms with van der Waals surface area (Å²) in [6.07, 6.45) is 12.4. The normalized spacial score (nSPS) is 19.5. The summed E-state index contributed by atoms with van der Waals surface area (Å²) in [7, 11) is 0. The Morgan fingerprint density at radius 1 is 1.00 bits per heavy atom. The Morgan fingerprint density at radius 3 is 2.31 bits per heavy atom. The van der Waals surface area contributed by atoms with E-state index in [4.69, 9.17) is 10.1 Å². The van der Waals surface area contributed by atoms with Crippen LogP contribution in [0, 0.1) is 5.92 Å². The van der Waals surface area contributed by atoms with Crippen molar-refractivity contribution in [3.05, 3.63) is 29.2 Å². The Kier molecular flexibility index (Phi) is 5.93. The van der Waals surface area contributed by atoms with Gasteiger partial charge in [0.05, 0.1) is 5.69 Å². The highest BCUT2D eigenvalue weighted by Gasteiger charge is 2.25. The molecule has 158 valence electrons. The van der Waals surface area contributed by atoms with Crippen molar-refractivity contribution in [2.75, 3.05) is 13.1 Å². The van der Waals surface area contributed by atoms with Gasteiger partial charge in [-0.2, -0.15) is 5.10 Å². The van der Waals surface area contributed by atoms with E-state index in [0.717, 1.165) is 55.3 Å². The van der Waals surface area contributed by atoms with Crippen molar-refractivity contribution in [3.8, 4) is 0 Å². The Morgan fingerprint density at radius 2 is 1.66 bits per heavy atom. The van der Waals surface area contributed by atoms with Gasteiger partial charge in [0.2, 0.25) is 0 Å². The number of carbonyl (C=O) groups is 1. The number of carbonyl (C=O) groups excluding carboxylic acids is 1. The second-order valence-corrected chi connectivity index (χ2v) is 10.1. The molecule has 2 fully saturated rings. The third-order valence-electron chi connectivity index (χ3n) is 6.58. The molecule has 29 heavy (non-hydrogen) atoms. The molecule has 0 spiro atoms. The molecule has 0 radical (unpaired) electrons. The van der Waals surface area contributed by atoms with E-state index in [1.807, 2.05) is 15.5 Å². The first-order valence-corrected chi connectivity index (χ1v) is 11.6. The summed E-state index contributed by atoms with van der Waals surface area (Å²) in [6, 6.07) is 4.14. The van der Waals surface area contributed by atoms with Gasteiger partial charge in [-0.1, -0.05) is 65.7 Å². The first kappa shape index (κ1) is 20.4. The summed E-state index contributed by atoms with van der Waals surface area (Å²) >= 11 is 0. The molecule has 0 N–H and O–H groups in total. The Balaban J connectivity index is 1.67. The molecule has 0 unspecified atom stereocenters. The molecule has 0 bridgehead atoms. The summed E-state index contributed by atoms with van der Waals surface area (Å²) < 4.78 is 1.91. The summed E-state index contributed by atoms with van der Waals surface area (Å²) in [5, 5.41) is 4.74. The molecule has 4 rings (SSSR count). The first-order valence-electron chi connectivity index (χ1n) is 11.6. The van der Waals surface area contributed by atoms with Gasteiger partial charge in [0.25, 0.3) is 5.91 Å². The number of hydrogen-bond donors (Lipinski definition) is 0. The second-order valence-electron chi connectivity index (χ2n) is 10.1. The summed E-state index contributed by atoms with van der Waals surface area (Å²) in [6.45, 7) is 8.33. The van der Waals surface area contributed by atoms with Crippen molar-refractivity contribution in [1.29, 1.82) is 0 Å². The minimum atomic E-state index is -0.0581. The lowest BCUT2D eigenvalue weighted by Crippen LogP contribution is -2.32. The molecule has 5 heteroatoms. The zero-order valence-corrected chi connectivity index (χ0v) is 18.4. The third-order valence-corrected chi connectivity index (χ3v) is 6.58. The minimum absolute atomic E-state index is 0.0581. The summed E-state index contributed by atoms with van der Waals surface area (Å²) in [5.41, 5.74) is 3.60. The van der Waals surface area contributed by atoms with Gasteiger partial charge in [0.1, 0.15) is 0 Å². The highest BCUT2D eigenvalue weighted by Crippen LogP contribution is 2.29. The monoisotopic (exact) mass is 396 g/mol. The standard InChI is InChI=1S/C24H36N4O/c1-24(2,3)21-16-19(15-18-11-7-6-8-12-18)25-22-17-20(26-28(21)22)23(29)27-13-9-4-5-10-14-27/h16-18H,4-15H2,1-3H3. The van der Waals surface area contributed by atoms with E-state index >= 15 is 0 Å². The van der Waals surface area contributed by atoms with E-state index in [9.17, 15) is 4.79 Å². The van der Waals surface area contributed by atoms with E-state index in [2.05, 4.69) is 26.8 Å². The van der Waals surface area contributed by atoms with Gasteiger partial charge >= 0.3 is 0 Å². The average Bonchev–Trinajstić information content (AvgIpc) is 2.92. The van der Waals surface area contributed by atoms with Crippen LogP contribution in [0.4, 0.5) is 0 Å². The van der Waals surface area contributed by atoms with Gasteiger partial charge in [0, 0.05) is 30.3 Å². The lowest BCUT2D eigenvalue weighted by molar-refractivity contribution is 0.0755. The fourth-order valence-electron chi connectivity index (χ4n) is 4.89. The smallest absolute Gasteiger partial charge is 0.274 e. The van der Waals surface area contributed by atoms with E-state index in [-0.39, 0.29) is 11.3 Å². The molecule has 1 amide bonds. The number of fused-ring (bicyclic) bond motifs is 1. The molecular weight excluding hydrogens is 360 g/mol. The van der Waals surface area contributed by atoms with E-state index in [1.54, 1.807) is 0 Å². The van der Waals surface area contributed by atoms with E-state index < -0.39 is 0 Å². The largest absolute Gasteiger partial charge is 0.337 e. The van der Waals surface area contributed by atoms with Crippen LogP contribution in [0.25, 0.3) is 5.65 Å². The molecule has 0 aromatic carbocycles. The van der Waals surface area contributed by atoms with Crippen LogP contribution in [-0.2, 0) is 11.8 Å². The van der Waals surface area contributed by atoms with Gasteiger partial charge in [-0.25, -0.2) is 9.50 Å². The van der Waals surface area contributed by atoms with Crippen LogP contribution >= 0.6 is 0 Å². The van der Waals surface area contributed by atoms with Crippen LogP contribution in [0.2, 0.25) is 0 Å². The van der Waals surface area contributed by atoms with Crippen LogP contribution in [0.15, 0.2) is 12.1 Å². The third kappa shape index (κ3) is 4.65. The van der Waals surface area contributed by atoms with Crippen molar-refractivity contribution in [3.63, 3.8) is 0 Å². The van der Waals surface area contributed by atoms with Gasteiger partial charge in [-0.05, 0) is 31.2 Å². The minimum Gasteiger partial charge on any atom is -0.337 e.